The molecule has 0 amide bonds. The van der Waals surface area contributed by atoms with Crippen molar-refractivity contribution < 1.29 is 50.6 Å². The summed E-state index contributed by atoms with van der Waals surface area (Å²) < 4.78 is 89.8. The van der Waals surface area contributed by atoms with Gasteiger partial charge in [-0.05, 0) is 48.5 Å². The fourth-order valence-corrected chi connectivity index (χ4v) is 5.19. The van der Waals surface area contributed by atoms with Gasteiger partial charge in [-0.2, -0.15) is 4.98 Å². The number of phosphoric acid groups is 1. The van der Waals surface area contributed by atoms with Crippen molar-refractivity contribution in [1.29, 1.82) is 0 Å². The van der Waals surface area contributed by atoms with E-state index in [0.717, 1.165) is 6.20 Å². The second kappa shape index (κ2) is 12.2. The highest BCUT2D eigenvalue weighted by molar-refractivity contribution is 7.49. The maximum absolute atomic E-state index is 15.2. The molecule has 0 spiro atoms. The van der Waals surface area contributed by atoms with Crippen LogP contribution in [0.3, 0.4) is 0 Å². The normalized spacial score (nSPS) is 22.5. The Hall–Kier alpha value is -3.49. The summed E-state index contributed by atoms with van der Waals surface area (Å²) in [5.74, 6) is 0.318. The molecule has 41 heavy (non-hydrogen) atoms. The smallest absolute Gasteiger partial charge is 0.497 e. The second-order valence-electron chi connectivity index (χ2n) is 8.57. The molecule has 4 rings (SSSR count). The number of ether oxygens (including phenoxy) is 3. The van der Waals surface area contributed by atoms with E-state index in [2.05, 4.69) is 4.98 Å². The summed E-state index contributed by atoms with van der Waals surface area (Å²) in [7, 11) is -2.02. The molecule has 1 saturated heterocycles. The minimum Gasteiger partial charge on any atom is -0.497 e. The number of halogens is 4. The van der Waals surface area contributed by atoms with Crippen molar-refractivity contribution in [3.63, 3.8) is 0 Å². The van der Waals surface area contributed by atoms with E-state index in [1.165, 1.54) is 62.8 Å². The van der Waals surface area contributed by atoms with Crippen LogP contribution in [0.2, 0.25) is 5.02 Å². The minimum absolute atomic E-state index is 0.0722. The number of methoxy groups -OCH3 is 2. The summed E-state index contributed by atoms with van der Waals surface area (Å²) in [6.07, 6.45) is -10.1. The van der Waals surface area contributed by atoms with E-state index in [1.54, 1.807) is 0 Å². The Bertz CT molecular complexity index is 1410. The van der Waals surface area contributed by atoms with E-state index in [9.17, 15) is 23.2 Å². The van der Waals surface area contributed by atoms with Gasteiger partial charge in [0.1, 0.15) is 34.9 Å². The Labute approximate surface area is 235 Å². The Morgan fingerprint density at radius 1 is 1.07 bits per heavy atom. The number of hydrogen-bond acceptors (Lipinski definition) is 11. The number of hydrogen-bond donors (Lipinski definition) is 2. The van der Waals surface area contributed by atoms with Crippen molar-refractivity contribution in [2.75, 3.05) is 26.6 Å². The number of aliphatic hydroxyl groups excluding tert-OH is 1. The van der Waals surface area contributed by atoms with Crippen LogP contribution in [-0.4, -0.2) is 59.8 Å². The lowest BCUT2D eigenvalue weighted by atomic mass is 9.97. The lowest BCUT2D eigenvalue weighted by molar-refractivity contribution is -0.193. The molecule has 12 nitrogen and oxygen atoms in total. The molecule has 0 unspecified atom stereocenters. The van der Waals surface area contributed by atoms with Gasteiger partial charge < -0.3 is 34.1 Å². The number of rotatable bonds is 11. The van der Waals surface area contributed by atoms with Crippen molar-refractivity contribution in [2.24, 2.45) is 0 Å². The summed E-state index contributed by atoms with van der Waals surface area (Å²) in [6, 6.07) is 11.2. The number of aliphatic hydroxyl groups is 1. The van der Waals surface area contributed by atoms with E-state index in [-0.39, 0.29) is 16.5 Å². The standard InChI is InChI=1S/C24H24ClF3N3O9P/c1-35-13-3-7-15(8-4-13)39-41(34,40-16-9-5-14(36-2)6-10-16)37-12-24(22(27)28)19(32)18(26)21(38-24)31-11-17(25)20(29)30-23(31)33/h3-11,18-19,21-22,32H,12H2,1-2H3,(H2,29,30,33)/t18-,19-,21+,24+/m0/s1. The molecule has 1 aromatic heterocycles. The highest BCUT2D eigenvalue weighted by atomic mass is 35.5. The largest absolute Gasteiger partial charge is 0.587 e. The van der Waals surface area contributed by atoms with Crippen molar-refractivity contribution in [3.8, 4) is 23.0 Å². The first kappa shape index (κ1) is 30.5. The zero-order valence-electron chi connectivity index (χ0n) is 21.4. The molecule has 0 radical (unpaired) electrons. The Morgan fingerprint density at radius 2 is 1.56 bits per heavy atom. The van der Waals surface area contributed by atoms with Crippen LogP contribution in [0.5, 0.6) is 23.0 Å². The first-order chi connectivity index (χ1) is 19.4. The maximum Gasteiger partial charge on any atom is 0.587 e. The third kappa shape index (κ3) is 6.39. The average molecular weight is 622 g/mol. The first-order valence-electron chi connectivity index (χ1n) is 11.7. The molecule has 1 aliphatic rings. The number of benzene rings is 2. The number of aromatic nitrogens is 2. The monoisotopic (exact) mass is 621 g/mol. The van der Waals surface area contributed by atoms with Gasteiger partial charge in [-0.15, -0.1) is 0 Å². The number of anilines is 1. The summed E-state index contributed by atoms with van der Waals surface area (Å²) in [4.78, 5) is 15.7. The third-order valence-electron chi connectivity index (χ3n) is 5.99. The van der Waals surface area contributed by atoms with Gasteiger partial charge in [0.15, 0.2) is 18.0 Å². The molecule has 17 heteroatoms. The average Bonchev–Trinajstić information content (AvgIpc) is 3.21. The van der Waals surface area contributed by atoms with Gasteiger partial charge in [-0.3, -0.25) is 9.09 Å². The van der Waals surface area contributed by atoms with Gasteiger partial charge in [0.2, 0.25) is 0 Å². The molecule has 0 saturated carbocycles. The molecule has 3 N–H and O–H groups in total. The van der Waals surface area contributed by atoms with Crippen LogP contribution < -0.4 is 29.9 Å². The molecular weight excluding hydrogens is 598 g/mol. The van der Waals surface area contributed by atoms with Crippen molar-refractivity contribution in [2.45, 2.75) is 30.5 Å². The molecule has 3 aromatic rings. The number of alkyl halides is 3. The molecule has 0 bridgehead atoms. The highest BCUT2D eigenvalue weighted by Gasteiger charge is 2.62. The Morgan fingerprint density at radius 3 is 2.02 bits per heavy atom. The third-order valence-corrected chi connectivity index (χ3v) is 7.60. The fourth-order valence-electron chi connectivity index (χ4n) is 3.78. The number of phosphoric ester groups is 1. The summed E-state index contributed by atoms with van der Waals surface area (Å²) >= 11 is 5.85. The van der Waals surface area contributed by atoms with Gasteiger partial charge >= 0.3 is 13.5 Å². The Kier molecular flexibility index (Phi) is 9.04. The van der Waals surface area contributed by atoms with Crippen LogP contribution in [0.1, 0.15) is 6.23 Å². The summed E-state index contributed by atoms with van der Waals surface area (Å²) in [6.45, 7) is -1.41. The number of nitrogens with zero attached hydrogens (tertiary/aromatic N) is 2. The predicted octanol–water partition coefficient (Wildman–Crippen LogP) is 4.01. The van der Waals surface area contributed by atoms with Crippen LogP contribution in [0.4, 0.5) is 19.0 Å². The molecule has 2 heterocycles. The van der Waals surface area contributed by atoms with E-state index < -0.39 is 56.5 Å². The highest BCUT2D eigenvalue weighted by Crippen LogP contribution is 2.53. The van der Waals surface area contributed by atoms with Crippen molar-refractivity contribution >= 4 is 25.2 Å². The topological polar surface area (TPSA) is 154 Å². The van der Waals surface area contributed by atoms with E-state index in [0.29, 0.717) is 16.1 Å². The quantitative estimate of drug-likeness (QED) is 0.299. The van der Waals surface area contributed by atoms with Crippen molar-refractivity contribution in [1.82, 2.24) is 9.55 Å². The minimum atomic E-state index is -4.85. The molecular formula is C24H24ClF3N3O9P. The van der Waals surface area contributed by atoms with Gasteiger partial charge in [0, 0.05) is 6.20 Å². The molecule has 0 aliphatic carbocycles. The second-order valence-corrected chi connectivity index (χ2v) is 10.5. The van der Waals surface area contributed by atoms with Crippen LogP contribution >= 0.6 is 19.4 Å². The van der Waals surface area contributed by atoms with Gasteiger partial charge in [0.05, 0.1) is 25.8 Å². The van der Waals surface area contributed by atoms with E-state index in [4.69, 9.17) is 45.1 Å². The summed E-state index contributed by atoms with van der Waals surface area (Å²) in [5, 5.41) is 10.3. The van der Waals surface area contributed by atoms with Crippen LogP contribution in [0, 0.1) is 0 Å². The maximum atomic E-state index is 15.2. The fraction of sp³-hybridized carbons (Fsp3) is 0.333. The van der Waals surface area contributed by atoms with E-state index >= 15 is 4.39 Å². The molecule has 222 valence electrons. The number of nitrogens with two attached hydrogens (primary N) is 1. The first-order valence-corrected chi connectivity index (χ1v) is 13.5. The number of nitrogen functional groups attached to an aromatic ring is 1. The van der Waals surface area contributed by atoms with Crippen LogP contribution in [-0.2, 0) is 13.8 Å². The van der Waals surface area contributed by atoms with Gasteiger partial charge in [-0.25, -0.2) is 22.5 Å². The van der Waals surface area contributed by atoms with Crippen molar-refractivity contribution in [3.05, 3.63) is 70.2 Å². The van der Waals surface area contributed by atoms with Gasteiger partial charge in [-0.1, -0.05) is 11.6 Å². The predicted molar refractivity (Wildman–Crippen MR) is 138 cm³/mol. The van der Waals surface area contributed by atoms with Crippen LogP contribution in [0.25, 0.3) is 0 Å². The molecule has 1 fully saturated rings. The summed E-state index contributed by atoms with van der Waals surface area (Å²) in [5.41, 5.74) is 1.13. The zero-order valence-corrected chi connectivity index (χ0v) is 23.0. The van der Waals surface area contributed by atoms with E-state index in [1.807, 2.05) is 0 Å². The SMILES string of the molecule is COc1ccc(OP(=O)(OC[C@@]2(C(F)F)O[C@@H](n3cc(Cl)c(N)nc3=O)[C@@H](F)[C@@H]2O)Oc2ccc(OC)cc2)cc1. The zero-order chi connectivity index (χ0) is 29.9. The van der Waals surface area contributed by atoms with Crippen LogP contribution in [0.15, 0.2) is 59.5 Å². The Balaban J connectivity index is 1.65. The molecule has 1 aliphatic heterocycles. The lowest BCUT2D eigenvalue weighted by Gasteiger charge is -2.31. The molecule has 4 atom stereocenters. The van der Waals surface area contributed by atoms with Gasteiger partial charge in [0.25, 0.3) is 6.43 Å². The molecule has 2 aromatic carbocycles. The lowest BCUT2D eigenvalue weighted by Crippen LogP contribution is -2.52.